The minimum absolute atomic E-state index is 0.344. The third kappa shape index (κ3) is 1.81. The largest absolute Gasteiger partial charge is 0.302 e. The summed E-state index contributed by atoms with van der Waals surface area (Å²) in [6, 6.07) is 0.918. The van der Waals surface area contributed by atoms with Gasteiger partial charge in [0.2, 0.25) is 0 Å². The quantitative estimate of drug-likeness (QED) is 0.779. The van der Waals surface area contributed by atoms with Crippen LogP contribution < -0.4 is 5.32 Å². The van der Waals surface area contributed by atoms with Gasteiger partial charge in [-0.25, -0.2) is 0 Å². The van der Waals surface area contributed by atoms with Gasteiger partial charge in [0.25, 0.3) is 0 Å². The van der Waals surface area contributed by atoms with Crippen LogP contribution in [-0.2, 0) is 0 Å². The van der Waals surface area contributed by atoms with Crippen molar-refractivity contribution in [3.05, 3.63) is 0 Å². The van der Waals surface area contributed by atoms with E-state index in [1.807, 2.05) is 0 Å². The molecule has 4 saturated heterocycles. The molecular weight excluding hydrogens is 234 g/mol. The third-order valence-electron chi connectivity index (χ3n) is 6.61. The molecule has 0 aliphatic carbocycles. The molecule has 0 saturated carbocycles. The molecule has 4 aliphatic heterocycles. The van der Waals surface area contributed by atoms with E-state index < -0.39 is 0 Å². The van der Waals surface area contributed by atoms with E-state index in [0.717, 1.165) is 17.9 Å². The van der Waals surface area contributed by atoms with E-state index in [4.69, 9.17) is 0 Å². The first-order valence-electron chi connectivity index (χ1n) is 8.51. The minimum Gasteiger partial charge on any atom is -0.302 e. The standard InChI is InChI=1S/C16H29N3/c1-17-16-7-3-5-9-19(16)11-13-10-14(16)12-18-8-4-2-6-15(13)18/h13-15,17H,2-12H2,1H3/t13?,14?,15?,16-/m1/s1. The zero-order valence-corrected chi connectivity index (χ0v) is 12.4. The fraction of sp³-hybridized carbons (Fsp3) is 1.00. The van der Waals surface area contributed by atoms with Crippen molar-refractivity contribution in [3.63, 3.8) is 0 Å². The Morgan fingerprint density at radius 3 is 2.84 bits per heavy atom. The molecule has 2 bridgehead atoms. The van der Waals surface area contributed by atoms with E-state index in [9.17, 15) is 0 Å². The Kier molecular flexibility index (Phi) is 3.13. The van der Waals surface area contributed by atoms with Crippen molar-refractivity contribution in [2.75, 3.05) is 33.2 Å². The normalized spacial score (nSPS) is 47.5. The molecule has 4 heterocycles. The van der Waals surface area contributed by atoms with Gasteiger partial charge in [-0.2, -0.15) is 0 Å². The summed E-state index contributed by atoms with van der Waals surface area (Å²) in [5, 5.41) is 3.77. The summed E-state index contributed by atoms with van der Waals surface area (Å²) in [4.78, 5) is 5.69. The SMILES string of the molecule is CN[C@]12CCCCN1CC1CC2CN2CCCCC12. The molecule has 4 rings (SSSR count). The monoisotopic (exact) mass is 263 g/mol. The second-order valence-electron chi connectivity index (χ2n) is 7.33. The van der Waals surface area contributed by atoms with Crippen LogP contribution >= 0.6 is 0 Å². The molecule has 0 aromatic carbocycles. The Bertz CT molecular complexity index is 345. The zero-order valence-electron chi connectivity index (χ0n) is 12.4. The molecule has 0 aromatic heterocycles. The second kappa shape index (κ2) is 4.71. The van der Waals surface area contributed by atoms with Crippen molar-refractivity contribution in [1.82, 2.24) is 15.1 Å². The molecule has 1 N–H and O–H groups in total. The minimum atomic E-state index is 0.344. The number of nitrogens with zero attached hydrogens (tertiary/aromatic N) is 2. The molecule has 3 nitrogen and oxygen atoms in total. The molecule has 3 unspecified atom stereocenters. The van der Waals surface area contributed by atoms with Crippen LogP contribution in [0.15, 0.2) is 0 Å². The highest BCUT2D eigenvalue weighted by Crippen LogP contribution is 2.47. The first-order valence-corrected chi connectivity index (χ1v) is 8.51. The fourth-order valence-corrected chi connectivity index (χ4v) is 5.74. The summed E-state index contributed by atoms with van der Waals surface area (Å²) in [7, 11) is 2.21. The maximum absolute atomic E-state index is 3.77. The van der Waals surface area contributed by atoms with Gasteiger partial charge in [0.15, 0.2) is 0 Å². The van der Waals surface area contributed by atoms with Crippen molar-refractivity contribution < 1.29 is 0 Å². The first kappa shape index (κ1) is 12.6. The first-order chi connectivity index (χ1) is 9.33. The van der Waals surface area contributed by atoms with Crippen LogP contribution in [0.4, 0.5) is 0 Å². The van der Waals surface area contributed by atoms with Gasteiger partial charge >= 0.3 is 0 Å². The van der Waals surface area contributed by atoms with Gasteiger partial charge in [-0.15, -0.1) is 0 Å². The Hall–Kier alpha value is -0.120. The van der Waals surface area contributed by atoms with Crippen LogP contribution in [0.3, 0.4) is 0 Å². The highest BCUT2D eigenvalue weighted by molar-refractivity contribution is 5.07. The van der Waals surface area contributed by atoms with Crippen LogP contribution in [0.25, 0.3) is 0 Å². The van der Waals surface area contributed by atoms with E-state index in [0.29, 0.717) is 5.66 Å². The number of piperidine rings is 4. The average Bonchev–Trinajstić information content (AvgIpc) is 2.47. The van der Waals surface area contributed by atoms with Gasteiger partial charge in [-0.1, -0.05) is 6.42 Å². The maximum atomic E-state index is 3.77. The van der Waals surface area contributed by atoms with Gasteiger partial charge in [0.1, 0.15) is 0 Å². The lowest BCUT2D eigenvalue weighted by Gasteiger charge is -2.62. The Morgan fingerprint density at radius 1 is 1.05 bits per heavy atom. The third-order valence-corrected chi connectivity index (χ3v) is 6.61. The molecule has 0 amide bonds. The molecule has 4 atom stereocenters. The van der Waals surface area contributed by atoms with E-state index in [1.165, 1.54) is 71.1 Å². The smallest absolute Gasteiger partial charge is 0.0751 e. The van der Waals surface area contributed by atoms with Gasteiger partial charge in [0, 0.05) is 25.0 Å². The van der Waals surface area contributed by atoms with E-state index >= 15 is 0 Å². The summed E-state index contributed by atoms with van der Waals surface area (Å²) >= 11 is 0. The summed E-state index contributed by atoms with van der Waals surface area (Å²) in [5.74, 6) is 1.82. The highest BCUT2D eigenvalue weighted by Gasteiger charge is 2.53. The molecule has 19 heavy (non-hydrogen) atoms. The van der Waals surface area contributed by atoms with Gasteiger partial charge in [0.05, 0.1) is 5.66 Å². The number of hydrogen-bond acceptors (Lipinski definition) is 3. The lowest BCUT2D eigenvalue weighted by Crippen LogP contribution is -2.73. The second-order valence-corrected chi connectivity index (χ2v) is 7.33. The molecule has 0 aromatic rings. The topological polar surface area (TPSA) is 18.5 Å². The number of rotatable bonds is 1. The van der Waals surface area contributed by atoms with Crippen molar-refractivity contribution in [2.24, 2.45) is 11.8 Å². The molecule has 4 fully saturated rings. The number of fused-ring (bicyclic) bond motifs is 6. The van der Waals surface area contributed by atoms with E-state index in [-0.39, 0.29) is 0 Å². The van der Waals surface area contributed by atoms with Crippen molar-refractivity contribution in [1.29, 1.82) is 0 Å². The average molecular weight is 263 g/mol. The van der Waals surface area contributed by atoms with E-state index in [2.05, 4.69) is 22.2 Å². The van der Waals surface area contributed by atoms with Crippen LogP contribution in [-0.4, -0.2) is 54.7 Å². The number of hydrogen-bond donors (Lipinski definition) is 1. The van der Waals surface area contributed by atoms with Crippen LogP contribution in [0.1, 0.15) is 44.9 Å². The summed E-state index contributed by atoms with van der Waals surface area (Å²) in [5.41, 5.74) is 0.344. The Balaban J connectivity index is 1.63. The highest BCUT2D eigenvalue weighted by atomic mass is 15.4. The maximum Gasteiger partial charge on any atom is 0.0751 e. The molecule has 108 valence electrons. The molecule has 3 heteroatoms. The predicted octanol–water partition coefficient (Wildman–Crippen LogP) is 1.89. The van der Waals surface area contributed by atoms with Crippen molar-refractivity contribution in [3.8, 4) is 0 Å². The lowest BCUT2D eigenvalue weighted by molar-refractivity contribution is -0.135. The molecule has 0 spiro atoms. The van der Waals surface area contributed by atoms with Crippen molar-refractivity contribution in [2.45, 2.75) is 56.7 Å². The van der Waals surface area contributed by atoms with Crippen LogP contribution in [0.5, 0.6) is 0 Å². The molecule has 0 radical (unpaired) electrons. The molecular formula is C16H29N3. The zero-order chi connectivity index (χ0) is 12.9. The van der Waals surface area contributed by atoms with E-state index in [1.54, 1.807) is 0 Å². The van der Waals surface area contributed by atoms with Gasteiger partial charge in [-0.05, 0) is 64.6 Å². The fourth-order valence-electron chi connectivity index (χ4n) is 5.74. The Morgan fingerprint density at radius 2 is 1.95 bits per heavy atom. The Labute approximate surface area is 117 Å². The van der Waals surface area contributed by atoms with Gasteiger partial charge in [-0.3, -0.25) is 9.80 Å². The molecule has 4 aliphatic rings. The summed E-state index contributed by atoms with van der Waals surface area (Å²) in [6.07, 6.45) is 10.1. The van der Waals surface area contributed by atoms with Crippen molar-refractivity contribution >= 4 is 0 Å². The summed E-state index contributed by atoms with van der Waals surface area (Å²) < 4.78 is 0. The summed E-state index contributed by atoms with van der Waals surface area (Å²) in [6.45, 7) is 5.43. The predicted molar refractivity (Wildman–Crippen MR) is 78.0 cm³/mol. The lowest BCUT2D eigenvalue weighted by atomic mass is 9.67. The van der Waals surface area contributed by atoms with Gasteiger partial charge < -0.3 is 5.32 Å². The van der Waals surface area contributed by atoms with Crippen LogP contribution in [0.2, 0.25) is 0 Å². The van der Waals surface area contributed by atoms with Crippen LogP contribution in [0, 0.1) is 11.8 Å². The number of nitrogens with one attached hydrogen (secondary N) is 1.